The zero-order valence-corrected chi connectivity index (χ0v) is 9.72. The molecular weight excluding hydrogens is 258 g/mol. The van der Waals surface area contributed by atoms with Gasteiger partial charge in [-0.25, -0.2) is 5.43 Å². The molecule has 0 saturated heterocycles. The third-order valence-corrected chi connectivity index (χ3v) is 2.26. The van der Waals surface area contributed by atoms with E-state index in [9.17, 15) is 4.79 Å². The summed E-state index contributed by atoms with van der Waals surface area (Å²) in [5.41, 5.74) is 2.94. The summed E-state index contributed by atoms with van der Waals surface area (Å²) in [5.74, 6) is -0.408. The molecule has 0 aliphatic carbocycles. The molecule has 92 valence electrons. The molecule has 1 heterocycles. The molecule has 0 radical (unpaired) electrons. The predicted molar refractivity (Wildman–Crippen MR) is 64.6 cm³/mol. The van der Waals surface area contributed by atoms with Crippen LogP contribution in [0.15, 0.2) is 29.4 Å². The van der Waals surface area contributed by atoms with Gasteiger partial charge in [0.2, 0.25) is 0 Å². The Balaban J connectivity index is 1.98. The van der Waals surface area contributed by atoms with Gasteiger partial charge in [-0.2, -0.15) is 10.3 Å². The number of aromatic nitrogens is 3. The number of hydrazone groups is 1. The number of aromatic amines is 1. The highest BCUT2D eigenvalue weighted by atomic mass is 35.5. The standard InChI is InChI=1S/C10H8ClN5O2/c11-9-8(13-16-14-9)10(18)15-12-5-6-1-3-7(17)4-2-6/h1-5,17H,(H,15,18)(H,13,14,16). The Hall–Kier alpha value is -2.41. The zero-order chi connectivity index (χ0) is 13.0. The van der Waals surface area contributed by atoms with Crippen LogP contribution in [0, 0.1) is 0 Å². The first-order chi connectivity index (χ1) is 8.66. The molecule has 3 N–H and O–H groups in total. The number of hydrogen-bond donors (Lipinski definition) is 3. The van der Waals surface area contributed by atoms with Crippen LogP contribution in [0.5, 0.6) is 5.75 Å². The van der Waals surface area contributed by atoms with Gasteiger partial charge in [0, 0.05) is 0 Å². The number of carbonyl (C=O) groups excluding carboxylic acids is 1. The van der Waals surface area contributed by atoms with Crippen LogP contribution >= 0.6 is 11.6 Å². The number of phenols is 1. The fourth-order valence-corrected chi connectivity index (χ4v) is 1.31. The van der Waals surface area contributed by atoms with E-state index < -0.39 is 5.91 Å². The molecule has 0 fully saturated rings. The molecule has 1 aromatic carbocycles. The van der Waals surface area contributed by atoms with Crippen molar-refractivity contribution in [3.05, 3.63) is 40.7 Å². The molecule has 7 nitrogen and oxygen atoms in total. The number of phenolic OH excluding ortho intramolecular Hbond substituents is 1. The fraction of sp³-hybridized carbons (Fsp3) is 0. The quantitative estimate of drug-likeness (QED) is 0.567. The van der Waals surface area contributed by atoms with E-state index in [0.29, 0.717) is 0 Å². The SMILES string of the molecule is O=C(NN=Cc1ccc(O)cc1)c1n[nH]nc1Cl. The Morgan fingerprint density at radius 2 is 2.11 bits per heavy atom. The molecule has 2 aromatic rings. The summed E-state index contributed by atoms with van der Waals surface area (Å²) in [5, 5.41) is 22.1. The maximum absolute atomic E-state index is 11.5. The second-order valence-electron chi connectivity index (χ2n) is 3.25. The van der Waals surface area contributed by atoms with Crippen LogP contribution in [0.4, 0.5) is 0 Å². The highest BCUT2D eigenvalue weighted by molar-refractivity contribution is 6.32. The Labute approximate surface area is 106 Å². The molecule has 1 aromatic heterocycles. The zero-order valence-electron chi connectivity index (χ0n) is 8.96. The smallest absolute Gasteiger partial charge is 0.295 e. The van der Waals surface area contributed by atoms with Crippen molar-refractivity contribution in [1.82, 2.24) is 20.8 Å². The van der Waals surface area contributed by atoms with E-state index in [1.54, 1.807) is 12.1 Å². The van der Waals surface area contributed by atoms with E-state index in [0.717, 1.165) is 5.56 Å². The average molecular weight is 266 g/mol. The van der Waals surface area contributed by atoms with Crippen LogP contribution in [0.2, 0.25) is 5.15 Å². The van der Waals surface area contributed by atoms with Crippen LogP contribution in [0.1, 0.15) is 16.1 Å². The second kappa shape index (κ2) is 5.28. The van der Waals surface area contributed by atoms with E-state index in [1.807, 2.05) is 0 Å². The van der Waals surface area contributed by atoms with E-state index in [-0.39, 0.29) is 16.6 Å². The summed E-state index contributed by atoms with van der Waals surface area (Å²) >= 11 is 5.60. The van der Waals surface area contributed by atoms with Gasteiger partial charge < -0.3 is 5.11 Å². The number of amides is 1. The average Bonchev–Trinajstić information content (AvgIpc) is 2.78. The minimum atomic E-state index is -0.566. The first-order valence-corrected chi connectivity index (χ1v) is 5.23. The van der Waals surface area contributed by atoms with Gasteiger partial charge in [-0.1, -0.05) is 11.6 Å². The molecule has 8 heteroatoms. The number of benzene rings is 1. The van der Waals surface area contributed by atoms with Gasteiger partial charge in [-0.15, -0.1) is 10.2 Å². The molecule has 0 unspecified atom stereocenters. The molecule has 0 atom stereocenters. The van der Waals surface area contributed by atoms with Crippen molar-refractivity contribution >= 4 is 23.7 Å². The minimum absolute atomic E-state index is 0.0210. The van der Waals surface area contributed by atoms with Crippen LogP contribution in [-0.4, -0.2) is 32.6 Å². The lowest BCUT2D eigenvalue weighted by atomic mass is 10.2. The number of aromatic hydroxyl groups is 1. The van der Waals surface area contributed by atoms with Crippen molar-refractivity contribution in [1.29, 1.82) is 0 Å². The monoisotopic (exact) mass is 265 g/mol. The van der Waals surface area contributed by atoms with Crippen molar-refractivity contribution in [3.63, 3.8) is 0 Å². The van der Waals surface area contributed by atoms with Gasteiger partial charge >= 0.3 is 0 Å². The summed E-state index contributed by atoms with van der Waals surface area (Å²) < 4.78 is 0. The van der Waals surface area contributed by atoms with Crippen LogP contribution in [0.3, 0.4) is 0 Å². The number of H-pyrrole nitrogens is 1. The Morgan fingerprint density at radius 1 is 1.39 bits per heavy atom. The van der Waals surface area contributed by atoms with Gasteiger partial charge in [-0.05, 0) is 29.8 Å². The molecule has 0 spiro atoms. The van der Waals surface area contributed by atoms with E-state index in [2.05, 4.69) is 25.9 Å². The lowest BCUT2D eigenvalue weighted by Crippen LogP contribution is -2.18. The number of nitrogens with zero attached hydrogens (tertiary/aromatic N) is 3. The maximum atomic E-state index is 11.5. The van der Waals surface area contributed by atoms with Crippen LogP contribution in [0.25, 0.3) is 0 Å². The largest absolute Gasteiger partial charge is 0.508 e. The number of nitrogens with one attached hydrogen (secondary N) is 2. The third-order valence-electron chi connectivity index (χ3n) is 1.99. The lowest BCUT2D eigenvalue weighted by molar-refractivity contribution is 0.0950. The van der Waals surface area contributed by atoms with Gasteiger partial charge in [0.25, 0.3) is 5.91 Å². The number of halogens is 1. The molecule has 1 amide bonds. The van der Waals surface area contributed by atoms with Gasteiger partial charge in [0.15, 0.2) is 10.8 Å². The molecule has 2 rings (SSSR count). The van der Waals surface area contributed by atoms with Crippen LogP contribution in [-0.2, 0) is 0 Å². The highest BCUT2D eigenvalue weighted by Gasteiger charge is 2.13. The number of carbonyl (C=O) groups is 1. The Morgan fingerprint density at radius 3 is 2.72 bits per heavy atom. The topological polar surface area (TPSA) is 103 Å². The van der Waals surface area contributed by atoms with Crippen molar-refractivity contribution in [2.45, 2.75) is 0 Å². The van der Waals surface area contributed by atoms with Crippen molar-refractivity contribution in [3.8, 4) is 5.75 Å². The van der Waals surface area contributed by atoms with E-state index in [1.165, 1.54) is 18.3 Å². The van der Waals surface area contributed by atoms with Gasteiger partial charge in [0.05, 0.1) is 6.21 Å². The molecule has 0 bridgehead atoms. The number of hydrogen-bond acceptors (Lipinski definition) is 5. The molecule has 0 aliphatic rings. The normalized spacial score (nSPS) is 10.7. The van der Waals surface area contributed by atoms with E-state index in [4.69, 9.17) is 16.7 Å². The summed E-state index contributed by atoms with van der Waals surface area (Å²) in [7, 11) is 0. The second-order valence-corrected chi connectivity index (χ2v) is 3.61. The molecule has 0 aliphatic heterocycles. The minimum Gasteiger partial charge on any atom is -0.508 e. The van der Waals surface area contributed by atoms with Gasteiger partial charge in [0.1, 0.15) is 5.75 Å². The van der Waals surface area contributed by atoms with E-state index >= 15 is 0 Å². The predicted octanol–water partition coefficient (Wildman–Crippen LogP) is 0.928. The third kappa shape index (κ3) is 2.83. The Kier molecular flexibility index (Phi) is 3.54. The van der Waals surface area contributed by atoms with Gasteiger partial charge in [-0.3, -0.25) is 4.79 Å². The molecule has 18 heavy (non-hydrogen) atoms. The van der Waals surface area contributed by atoms with Crippen molar-refractivity contribution in [2.24, 2.45) is 5.10 Å². The summed E-state index contributed by atoms with van der Waals surface area (Å²) in [6.07, 6.45) is 1.42. The lowest BCUT2D eigenvalue weighted by Gasteiger charge is -1.96. The molecular formula is C10H8ClN5O2. The van der Waals surface area contributed by atoms with Crippen molar-refractivity contribution < 1.29 is 9.90 Å². The summed E-state index contributed by atoms with van der Waals surface area (Å²) in [6, 6.07) is 6.32. The summed E-state index contributed by atoms with van der Waals surface area (Å²) in [4.78, 5) is 11.5. The first kappa shape index (κ1) is 12.1. The molecule has 0 saturated carbocycles. The first-order valence-electron chi connectivity index (χ1n) is 4.85. The summed E-state index contributed by atoms with van der Waals surface area (Å²) in [6.45, 7) is 0. The fourth-order valence-electron chi connectivity index (χ4n) is 1.14. The highest BCUT2D eigenvalue weighted by Crippen LogP contribution is 2.08. The Bertz CT molecular complexity index is 578. The number of rotatable bonds is 3. The maximum Gasteiger partial charge on any atom is 0.295 e. The van der Waals surface area contributed by atoms with Crippen LogP contribution < -0.4 is 5.43 Å². The van der Waals surface area contributed by atoms with Crippen molar-refractivity contribution in [2.75, 3.05) is 0 Å².